The van der Waals surface area contributed by atoms with Gasteiger partial charge in [0.25, 0.3) is 6.08 Å². The molecule has 0 bridgehead atoms. The van der Waals surface area contributed by atoms with E-state index in [2.05, 4.69) is 12.0 Å². The first kappa shape index (κ1) is 7.29. The van der Waals surface area contributed by atoms with Crippen molar-refractivity contribution in [2.45, 2.75) is 19.8 Å². The fourth-order valence-electron chi connectivity index (χ4n) is 1.15. The Hall–Kier alpha value is -0.820. The van der Waals surface area contributed by atoms with Crippen LogP contribution in [0.2, 0.25) is 0 Å². The van der Waals surface area contributed by atoms with Gasteiger partial charge in [-0.05, 0) is 18.8 Å². The number of isocyanates is 1. The minimum Gasteiger partial charge on any atom is -0.286 e. The third kappa shape index (κ3) is 1.85. The average Bonchev–Trinajstić information content (AvgIpc) is 1.95. The van der Waals surface area contributed by atoms with E-state index in [-0.39, 0.29) is 0 Å². The standard InChI is InChI=1S/C7H12N2O/c1-7-2-4-9(5-3-7)8-6-10/h7H,2-5H2,1H3. The van der Waals surface area contributed by atoms with E-state index in [0.717, 1.165) is 31.8 Å². The van der Waals surface area contributed by atoms with Gasteiger partial charge in [-0.3, -0.25) is 5.01 Å². The fraction of sp³-hybridized carbons (Fsp3) is 0.857. The first-order valence-corrected chi connectivity index (χ1v) is 3.65. The molecular formula is C7H12N2O. The second-order valence-electron chi connectivity index (χ2n) is 2.83. The van der Waals surface area contributed by atoms with Crippen LogP contribution in [0.1, 0.15) is 19.8 Å². The smallest absolute Gasteiger partial charge is 0.258 e. The van der Waals surface area contributed by atoms with Gasteiger partial charge in [-0.15, -0.1) is 0 Å². The third-order valence-electron chi connectivity index (χ3n) is 1.94. The summed E-state index contributed by atoms with van der Waals surface area (Å²) in [5.41, 5.74) is 0. The fourth-order valence-corrected chi connectivity index (χ4v) is 1.15. The summed E-state index contributed by atoms with van der Waals surface area (Å²) in [4.78, 5) is 9.82. The molecule has 3 nitrogen and oxygen atoms in total. The molecule has 1 saturated heterocycles. The molecule has 0 aromatic carbocycles. The summed E-state index contributed by atoms with van der Waals surface area (Å²) in [7, 11) is 0. The number of piperidine rings is 1. The van der Waals surface area contributed by atoms with Crippen LogP contribution in [0, 0.1) is 5.92 Å². The third-order valence-corrected chi connectivity index (χ3v) is 1.94. The SMILES string of the molecule is CC1CCN(N=C=O)CC1. The van der Waals surface area contributed by atoms with Crippen LogP contribution >= 0.6 is 0 Å². The van der Waals surface area contributed by atoms with Crippen LogP contribution in [-0.4, -0.2) is 24.2 Å². The van der Waals surface area contributed by atoms with Crippen LogP contribution in [0.5, 0.6) is 0 Å². The van der Waals surface area contributed by atoms with Crippen LogP contribution < -0.4 is 0 Å². The lowest BCUT2D eigenvalue weighted by molar-refractivity contribution is 0.199. The number of rotatable bonds is 1. The average molecular weight is 140 g/mol. The molecule has 1 rings (SSSR count). The molecule has 1 aliphatic heterocycles. The first-order chi connectivity index (χ1) is 4.83. The summed E-state index contributed by atoms with van der Waals surface area (Å²) in [5.74, 6) is 0.790. The molecule has 0 aliphatic carbocycles. The Labute approximate surface area is 60.7 Å². The van der Waals surface area contributed by atoms with Crippen LogP contribution in [0.4, 0.5) is 0 Å². The van der Waals surface area contributed by atoms with Crippen molar-refractivity contribution in [3.05, 3.63) is 0 Å². The predicted molar refractivity (Wildman–Crippen MR) is 38.1 cm³/mol. The molecule has 0 atom stereocenters. The van der Waals surface area contributed by atoms with E-state index in [1.54, 1.807) is 11.1 Å². The molecule has 0 aromatic rings. The minimum absolute atomic E-state index is 0.790. The van der Waals surface area contributed by atoms with Gasteiger partial charge in [0.05, 0.1) is 0 Å². The molecule has 0 spiro atoms. The molecule has 0 N–H and O–H groups in total. The molecule has 0 unspecified atom stereocenters. The van der Waals surface area contributed by atoms with Gasteiger partial charge in [0.1, 0.15) is 0 Å². The highest BCUT2D eigenvalue weighted by atomic mass is 16.1. The Morgan fingerprint density at radius 1 is 1.50 bits per heavy atom. The Morgan fingerprint density at radius 3 is 2.60 bits per heavy atom. The summed E-state index contributed by atoms with van der Waals surface area (Å²) in [6.07, 6.45) is 3.84. The van der Waals surface area contributed by atoms with Gasteiger partial charge in [-0.1, -0.05) is 12.0 Å². The van der Waals surface area contributed by atoms with Gasteiger partial charge in [0, 0.05) is 13.1 Å². The Morgan fingerprint density at radius 2 is 2.10 bits per heavy atom. The van der Waals surface area contributed by atoms with E-state index in [9.17, 15) is 4.79 Å². The monoisotopic (exact) mass is 140 g/mol. The maximum Gasteiger partial charge on any atom is 0.258 e. The predicted octanol–water partition coefficient (Wildman–Crippen LogP) is 0.969. The van der Waals surface area contributed by atoms with Crippen molar-refractivity contribution >= 4 is 6.08 Å². The molecule has 10 heavy (non-hydrogen) atoms. The second-order valence-corrected chi connectivity index (χ2v) is 2.83. The molecule has 56 valence electrons. The quantitative estimate of drug-likeness (QED) is 0.401. The van der Waals surface area contributed by atoms with E-state index in [4.69, 9.17) is 0 Å². The van der Waals surface area contributed by atoms with E-state index in [1.165, 1.54) is 0 Å². The van der Waals surface area contributed by atoms with E-state index in [0.29, 0.717) is 0 Å². The highest BCUT2D eigenvalue weighted by molar-refractivity contribution is 5.32. The molecule has 0 aromatic heterocycles. The number of nitrogens with zero attached hydrogens (tertiary/aromatic N) is 2. The summed E-state index contributed by atoms with van der Waals surface area (Å²) in [6, 6.07) is 0. The number of hydrogen-bond donors (Lipinski definition) is 0. The maximum absolute atomic E-state index is 9.82. The van der Waals surface area contributed by atoms with Gasteiger partial charge in [0.2, 0.25) is 0 Å². The topological polar surface area (TPSA) is 32.7 Å². The normalized spacial score (nSPS) is 20.3. The molecule has 1 heterocycles. The molecular weight excluding hydrogens is 128 g/mol. The van der Waals surface area contributed by atoms with Crippen molar-refractivity contribution in [3.8, 4) is 0 Å². The van der Waals surface area contributed by atoms with Crippen molar-refractivity contribution in [1.29, 1.82) is 0 Å². The molecule has 0 radical (unpaired) electrons. The lowest BCUT2D eigenvalue weighted by Gasteiger charge is -2.25. The summed E-state index contributed by atoms with van der Waals surface area (Å²) in [5, 5.41) is 5.33. The zero-order valence-corrected chi connectivity index (χ0v) is 6.21. The summed E-state index contributed by atoms with van der Waals surface area (Å²) < 4.78 is 0. The molecule has 1 aliphatic rings. The van der Waals surface area contributed by atoms with Crippen molar-refractivity contribution in [2.24, 2.45) is 11.0 Å². The Bertz CT molecular complexity index is 144. The van der Waals surface area contributed by atoms with E-state index in [1.807, 2.05) is 0 Å². The summed E-state index contributed by atoms with van der Waals surface area (Å²) in [6.45, 7) is 4.05. The van der Waals surface area contributed by atoms with E-state index < -0.39 is 0 Å². The lowest BCUT2D eigenvalue weighted by Crippen LogP contribution is -2.28. The number of carbonyl (C=O) groups excluding carboxylic acids is 1. The Kier molecular flexibility index (Phi) is 2.46. The van der Waals surface area contributed by atoms with Crippen molar-refractivity contribution in [1.82, 2.24) is 5.01 Å². The molecule has 0 amide bonds. The number of hydrazone groups is 1. The summed E-state index contributed by atoms with van der Waals surface area (Å²) >= 11 is 0. The zero-order valence-electron chi connectivity index (χ0n) is 6.21. The van der Waals surface area contributed by atoms with Crippen molar-refractivity contribution in [3.63, 3.8) is 0 Å². The van der Waals surface area contributed by atoms with Crippen molar-refractivity contribution < 1.29 is 4.79 Å². The Balaban J connectivity index is 2.32. The first-order valence-electron chi connectivity index (χ1n) is 3.65. The minimum atomic E-state index is 0.790. The van der Waals surface area contributed by atoms with Gasteiger partial charge >= 0.3 is 0 Å². The highest BCUT2D eigenvalue weighted by Gasteiger charge is 2.13. The van der Waals surface area contributed by atoms with Gasteiger partial charge < -0.3 is 0 Å². The van der Waals surface area contributed by atoms with E-state index >= 15 is 0 Å². The maximum atomic E-state index is 9.82. The van der Waals surface area contributed by atoms with Gasteiger partial charge in [0.15, 0.2) is 0 Å². The van der Waals surface area contributed by atoms with Crippen molar-refractivity contribution in [2.75, 3.05) is 13.1 Å². The lowest BCUT2D eigenvalue weighted by atomic mass is 10.0. The number of hydrogen-bond acceptors (Lipinski definition) is 3. The second kappa shape index (κ2) is 3.37. The van der Waals surface area contributed by atoms with Crippen LogP contribution in [-0.2, 0) is 4.79 Å². The molecule has 0 saturated carbocycles. The van der Waals surface area contributed by atoms with Crippen LogP contribution in [0.3, 0.4) is 0 Å². The van der Waals surface area contributed by atoms with Gasteiger partial charge in [-0.2, -0.15) is 0 Å². The zero-order chi connectivity index (χ0) is 7.40. The van der Waals surface area contributed by atoms with Gasteiger partial charge in [-0.25, -0.2) is 4.79 Å². The molecule has 3 heteroatoms. The van der Waals surface area contributed by atoms with Crippen LogP contribution in [0.25, 0.3) is 0 Å². The molecule has 1 fully saturated rings. The highest BCUT2D eigenvalue weighted by Crippen LogP contribution is 2.15. The largest absolute Gasteiger partial charge is 0.286 e. The van der Waals surface area contributed by atoms with Crippen LogP contribution in [0.15, 0.2) is 5.10 Å².